The second-order valence-corrected chi connectivity index (χ2v) is 7.23. The van der Waals surface area contributed by atoms with Gasteiger partial charge in [0, 0.05) is 19.2 Å². The van der Waals surface area contributed by atoms with Gasteiger partial charge in [-0.1, -0.05) is 0 Å². The summed E-state index contributed by atoms with van der Waals surface area (Å²) in [4.78, 5) is 16.9. The summed E-state index contributed by atoms with van der Waals surface area (Å²) in [6, 6.07) is 7.27. The van der Waals surface area contributed by atoms with E-state index in [0.717, 1.165) is 25.0 Å². The molecule has 9 nitrogen and oxygen atoms in total. The van der Waals surface area contributed by atoms with Crippen LogP contribution in [0, 0.1) is 10.1 Å². The van der Waals surface area contributed by atoms with E-state index in [1.54, 1.807) is 12.3 Å². The molecule has 0 aliphatic heterocycles. The van der Waals surface area contributed by atoms with Crippen LogP contribution in [-0.2, 0) is 10.0 Å². The number of aromatic nitrogens is 1. The lowest BCUT2D eigenvalue weighted by Gasteiger charge is -2.19. The number of nitro benzene ring substituents is 1. The van der Waals surface area contributed by atoms with Gasteiger partial charge in [0.25, 0.3) is 5.69 Å². The topological polar surface area (TPSA) is 117 Å². The van der Waals surface area contributed by atoms with Gasteiger partial charge >= 0.3 is 0 Å². The highest BCUT2D eigenvalue weighted by Gasteiger charge is 2.20. The van der Waals surface area contributed by atoms with Crippen LogP contribution in [0.5, 0.6) is 0 Å². The Morgan fingerprint density at radius 1 is 1.19 bits per heavy atom. The molecule has 10 heteroatoms. The Morgan fingerprint density at radius 3 is 2.38 bits per heavy atom. The number of benzene rings is 1. The van der Waals surface area contributed by atoms with E-state index in [9.17, 15) is 18.5 Å². The van der Waals surface area contributed by atoms with Gasteiger partial charge in [-0.25, -0.2) is 18.1 Å². The van der Waals surface area contributed by atoms with Crippen LogP contribution in [0.25, 0.3) is 0 Å². The van der Waals surface area contributed by atoms with Crippen molar-refractivity contribution in [2.75, 3.05) is 30.4 Å². The summed E-state index contributed by atoms with van der Waals surface area (Å²) >= 11 is 0. The molecule has 0 saturated heterocycles. The summed E-state index contributed by atoms with van der Waals surface area (Å²) in [6.45, 7) is 5.70. The zero-order chi connectivity index (χ0) is 19.3. The summed E-state index contributed by atoms with van der Waals surface area (Å²) < 4.78 is 25.8. The number of nitrogens with zero attached hydrogens (tertiary/aromatic N) is 3. The molecule has 1 aromatic carbocycles. The first-order chi connectivity index (χ1) is 12.3. The SMILES string of the molecule is CCN(CC)c1ccc(Nc2ccc(S(=O)(=O)NC)cc2[N+](=O)[O-])cn1. The number of hydrogen-bond donors (Lipinski definition) is 2. The van der Waals surface area contributed by atoms with Crippen LogP contribution in [0.4, 0.5) is 22.9 Å². The summed E-state index contributed by atoms with van der Waals surface area (Å²) in [5.74, 6) is 0.811. The van der Waals surface area contributed by atoms with Crippen LogP contribution in [-0.4, -0.2) is 38.5 Å². The number of sulfonamides is 1. The molecule has 0 saturated carbocycles. The normalized spacial score (nSPS) is 11.2. The molecule has 2 rings (SSSR count). The average Bonchev–Trinajstić information content (AvgIpc) is 2.64. The molecule has 0 atom stereocenters. The van der Waals surface area contributed by atoms with Crippen molar-refractivity contribution in [1.82, 2.24) is 9.71 Å². The van der Waals surface area contributed by atoms with Gasteiger partial charge in [-0.2, -0.15) is 0 Å². The Labute approximate surface area is 152 Å². The maximum absolute atomic E-state index is 11.8. The standard InChI is InChI=1S/C16H21N5O4S/c1-4-20(5-2)16-9-6-12(11-18-16)19-14-8-7-13(26(24,25)17-3)10-15(14)21(22)23/h6-11,17,19H,4-5H2,1-3H3. The van der Waals surface area contributed by atoms with E-state index >= 15 is 0 Å². The minimum Gasteiger partial charge on any atom is -0.357 e. The minimum absolute atomic E-state index is 0.174. The average molecular weight is 379 g/mol. The molecular weight excluding hydrogens is 358 g/mol. The Balaban J connectivity index is 2.33. The molecule has 0 bridgehead atoms. The Hall–Kier alpha value is -2.72. The van der Waals surface area contributed by atoms with E-state index in [4.69, 9.17) is 0 Å². The Morgan fingerprint density at radius 2 is 1.88 bits per heavy atom. The molecule has 0 spiro atoms. The van der Waals surface area contributed by atoms with Gasteiger partial charge in [0.2, 0.25) is 10.0 Å². The third-order valence-electron chi connectivity index (χ3n) is 3.86. The second kappa shape index (κ2) is 8.11. The van der Waals surface area contributed by atoms with Crippen molar-refractivity contribution in [3.8, 4) is 0 Å². The van der Waals surface area contributed by atoms with Gasteiger partial charge in [-0.15, -0.1) is 0 Å². The molecule has 0 aliphatic carbocycles. The molecule has 140 valence electrons. The molecular formula is C16H21N5O4S. The highest BCUT2D eigenvalue weighted by molar-refractivity contribution is 7.89. The zero-order valence-corrected chi connectivity index (χ0v) is 15.6. The van der Waals surface area contributed by atoms with E-state index in [0.29, 0.717) is 5.69 Å². The van der Waals surface area contributed by atoms with Gasteiger partial charge in [0.15, 0.2) is 0 Å². The first-order valence-corrected chi connectivity index (χ1v) is 9.50. The van der Waals surface area contributed by atoms with Crippen LogP contribution in [0.2, 0.25) is 0 Å². The van der Waals surface area contributed by atoms with Crippen LogP contribution in [0.3, 0.4) is 0 Å². The molecule has 2 aromatic rings. The van der Waals surface area contributed by atoms with Crippen molar-refractivity contribution in [3.63, 3.8) is 0 Å². The molecule has 1 aromatic heterocycles. The number of rotatable bonds is 8. The number of nitrogens with one attached hydrogen (secondary N) is 2. The maximum atomic E-state index is 11.8. The van der Waals surface area contributed by atoms with Crippen molar-refractivity contribution in [2.24, 2.45) is 0 Å². The maximum Gasteiger partial charge on any atom is 0.294 e. The van der Waals surface area contributed by atoms with E-state index in [-0.39, 0.29) is 16.3 Å². The van der Waals surface area contributed by atoms with Crippen molar-refractivity contribution in [1.29, 1.82) is 0 Å². The van der Waals surface area contributed by atoms with Gasteiger partial charge in [-0.3, -0.25) is 10.1 Å². The highest BCUT2D eigenvalue weighted by atomic mass is 32.2. The Kier molecular flexibility index (Phi) is 6.11. The predicted molar refractivity (Wildman–Crippen MR) is 100 cm³/mol. The van der Waals surface area contributed by atoms with Crippen molar-refractivity contribution >= 4 is 32.9 Å². The van der Waals surface area contributed by atoms with Crippen molar-refractivity contribution in [3.05, 3.63) is 46.6 Å². The number of pyridine rings is 1. The largest absolute Gasteiger partial charge is 0.357 e. The van der Waals surface area contributed by atoms with Gasteiger partial charge in [0.05, 0.1) is 21.7 Å². The summed E-state index contributed by atoms with van der Waals surface area (Å²) in [5.41, 5.74) is 0.407. The van der Waals surface area contributed by atoms with Crippen LogP contribution >= 0.6 is 0 Å². The predicted octanol–water partition coefficient (Wildman–Crippen LogP) is 2.49. The van der Waals surface area contributed by atoms with E-state index in [1.807, 2.05) is 19.9 Å². The van der Waals surface area contributed by atoms with E-state index in [1.165, 1.54) is 19.2 Å². The quantitative estimate of drug-likeness (QED) is 0.534. The van der Waals surface area contributed by atoms with Gasteiger partial charge in [-0.05, 0) is 45.2 Å². The first-order valence-electron chi connectivity index (χ1n) is 8.02. The molecule has 0 radical (unpaired) electrons. The molecule has 0 unspecified atom stereocenters. The van der Waals surface area contributed by atoms with Crippen molar-refractivity contribution < 1.29 is 13.3 Å². The summed E-state index contributed by atoms with van der Waals surface area (Å²) in [6.07, 6.45) is 1.58. The fourth-order valence-corrected chi connectivity index (χ4v) is 3.15. The highest BCUT2D eigenvalue weighted by Crippen LogP contribution is 2.30. The van der Waals surface area contributed by atoms with Gasteiger partial charge < -0.3 is 10.2 Å². The lowest BCUT2D eigenvalue weighted by molar-refractivity contribution is -0.384. The van der Waals surface area contributed by atoms with Crippen molar-refractivity contribution in [2.45, 2.75) is 18.7 Å². The van der Waals surface area contributed by atoms with Gasteiger partial charge in [0.1, 0.15) is 11.5 Å². The van der Waals surface area contributed by atoms with E-state index < -0.39 is 14.9 Å². The molecule has 0 fully saturated rings. The fourth-order valence-electron chi connectivity index (χ4n) is 2.40. The molecule has 0 amide bonds. The Bertz CT molecular complexity index is 880. The lowest BCUT2D eigenvalue weighted by Crippen LogP contribution is -2.22. The molecule has 2 N–H and O–H groups in total. The number of hydrogen-bond acceptors (Lipinski definition) is 7. The van der Waals surface area contributed by atoms with Crippen LogP contribution in [0.15, 0.2) is 41.4 Å². The molecule has 0 aliphatic rings. The number of nitro groups is 1. The zero-order valence-electron chi connectivity index (χ0n) is 14.8. The third-order valence-corrected chi connectivity index (χ3v) is 5.27. The van der Waals surface area contributed by atoms with Crippen LogP contribution in [0.1, 0.15) is 13.8 Å². The monoisotopic (exact) mass is 379 g/mol. The minimum atomic E-state index is -3.76. The second-order valence-electron chi connectivity index (χ2n) is 5.35. The third kappa shape index (κ3) is 4.27. The number of anilines is 3. The lowest BCUT2D eigenvalue weighted by atomic mass is 10.2. The van der Waals surface area contributed by atoms with Crippen LogP contribution < -0.4 is 14.9 Å². The summed E-state index contributed by atoms with van der Waals surface area (Å²) in [7, 11) is -2.52. The van der Waals surface area contributed by atoms with E-state index in [2.05, 4.69) is 19.9 Å². The summed E-state index contributed by atoms with van der Waals surface area (Å²) in [5, 5.41) is 14.2. The smallest absolute Gasteiger partial charge is 0.294 e. The first kappa shape index (κ1) is 19.6. The molecule has 1 heterocycles. The molecule has 26 heavy (non-hydrogen) atoms. The fraction of sp³-hybridized carbons (Fsp3) is 0.312.